The third-order valence-electron chi connectivity index (χ3n) is 5.03. The van der Waals surface area contributed by atoms with Crippen molar-refractivity contribution in [1.29, 1.82) is 0 Å². The third-order valence-corrected chi connectivity index (χ3v) is 5.03. The maximum Gasteiger partial charge on any atom is 0.242 e. The molecule has 6 nitrogen and oxygen atoms in total. The summed E-state index contributed by atoms with van der Waals surface area (Å²) in [5, 5.41) is 6.15. The van der Waals surface area contributed by atoms with Crippen LogP contribution in [0.4, 0.5) is 0 Å². The van der Waals surface area contributed by atoms with Crippen LogP contribution < -0.4 is 10.6 Å². The molecule has 29 heavy (non-hydrogen) atoms. The Labute approximate surface area is 190 Å². The predicted molar refractivity (Wildman–Crippen MR) is 126 cm³/mol. The maximum atomic E-state index is 12.1. The molecule has 0 radical (unpaired) electrons. The molecule has 158 valence electrons. The lowest BCUT2D eigenvalue weighted by Gasteiger charge is -2.34. The molecular weight excluding hydrogens is 479 g/mol. The van der Waals surface area contributed by atoms with Gasteiger partial charge in [-0.3, -0.25) is 4.79 Å². The van der Waals surface area contributed by atoms with Crippen molar-refractivity contribution < 1.29 is 9.21 Å². The molecular formula is C22H31IN4O2. The zero-order chi connectivity index (χ0) is 19.6. The monoisotopic (exact) mass is 510 g/mol. The van der Waals surface area contributed by atoms with Gasteiger partial charge in [-0.05, 0) is 49.8 Å². The molecule has 0 bridgehead atoms. The van der Waals surface area contributed by atoms with E-state index in [0.29, 0.717) is 12.5 Å². The van der Waals surface area contributed by atoms with Gasteiger partial charge in [-0.15, -0.1) is 24.0 Å². The van der Waals surface area contributed by atoms with Crippen LogP contribution in [0.15, 0.2) is 58.1 Å². The van der Waals surface area contributed by atoms with E-state index in [1.54, 1.807) is 6.26 Å². The Morgan fingerprint density at radius 1 is 1.14 bits per heavy atom. The summed E-state index contributed by atoms with van der Waals surface area (Å²) in [5.41, 5.74) is 1.41. The van der Waals surface area contributed by atoms with E-state index in [9.17, 15) is 4.79 Å². The molecule has 1 fully saturated rings. The Morgan fingerprint density at radius 2 is 1.90 bits per heavy atom. The van der Waals surface area contributed by atoms with Gasteiger partial charge in [0.05, 0.1) is 12.8 Å². The second kappa shape index (κ2) is 12.5. The molecule has 0 aliphatic carbocycles. The van der Waals surface area contributed by atoms with Crippen molar-refractivity contribution >= 4 is 35.8 Å². The molecule has 1 aromatic heterocycles. The van der Waals surface area contributed by atoms with Crippen LogP contribution in [0.25, 0.3) is 0 Å². The number of carbonyl (C=O) groups is 1. The standard InChI is InChI=1S/C22H30N4O2.HI/c1-2-23-22(25-17-21(27)24-16-20-9-6-14-28-20)26-12-10-19(11-13-26)15-18-7-4-3-5-8-18;/h3-9,14,19H,2,10-13,15-17H2,1H3,(H,23,25)(H,24,27);1H. The van der Waals surface area contributed by atoms with Crippen molar-refractivity contribution in [1.82, 2.24) is 15.5 Å². The first-order valence-electron chi connectivity index (χ1n) is 10.1. The topological polar surface area (TPSA) is 69.9 Å². The average molecular weight is 510 g/mol. The molecule has 0 spiro atoms. The lowest BCUT2D eigenvalue weighted by atomic mass is 9.90. The van der Waals surface area contributed by atoms with Gasteiger partial charge >= 0.3 is 0 Å². The van der Waals surface area contributed by atoms with Crippen LogP contribution in [-0.4, -0.2) is 42.9 Å². The van der Waals surface area contributed by atoms with Gasteiger partial charge in [-0.25, -0.2) is 4.99 Å². The molecule has 0 saturated carbocycles. The van der Waals surface area contributed by atoms with Gasteiger partial charge in [-0.1, -0.05) is 30.3 Å². The van der Waals surface area contributed by atoms with E-state index in [2.05, 4.69) is 57.8 Å². The highest BCUT2D eigenvalue weighted by Crippen LogP contribution is 2.21. The zero-order valence-corrected chi connectivity index (χ0v) is 19.3. The number of benzene rings is 1. The first kappa shape index (κ1) is 23.3. The Morgan fingerprint density at radius 3 is 2.55 bits per heavy atom. The summed E-state index contributed by atoms with van der Waals surface area (Å²) in [6.07, 6.45) is 5.02. The normalized spacial score (nSPS) is 14.9. The lowest BCUT2D eigenvalue weighted by molar-refractivity contribution is -0.119. The number of piperidine rings is 1. The summed E-state index contributed by atoms with van der Waals surface area (Å²) in [7, 11) is 0. The van der Waals surface area contributed by atoms with Gasteiger partial charge in [0.1, 0.15) is 12.3 Å². The van der Waals surface area contributed by atoms with Crippen molar-refractivity contribution in [2.45, 2.75) is 32.7 Å². The summed E-state index contributed by atoms with van der Waals surface area (Å²) in [6, 6.07) is 14.3. The lowest BCUT2D eigenvalue weighted by Crippen LogP contribution is -2.46. The highest BCUT2D eigenvalue weighted by molar-refractivity contribution is 14.0. The number of likely N-dealkylation sites (tertiary alicyclic amines) is 1. The molecule has 7 heteroatoms. The van der Waals surface area contributed by atoms with Crippen molar-refractivity contribution in [2.24, 2.45) is 10.9 Å². The van der Waals surface area contributed by atoms with Crippen molar-refractivity contribution in [3.8, 4) is 0 Å². The summed E-state index contributed by atoms with van der Waals surface area (Å²) < 4.78 is 5.22. The number of hydrogen-bond donors (Lipinski definition) is 2. The zero-order valence-electron chi connectivity index (χ0n) is 17.0. The molecule has 1 aliphatic rings. The van der Waals surface area contributed by atoms with Crippen molar-refractivity contribution in [3.63, 3.8) is 0 Å². The second-order valence-corrected chi connectivity index (χ2v) is 7.15. The van der Waals surface area contributed by atoms with E-state index in [0.717, 1.165) is 50.6 Å². The number of guanidine groups is 1. The van der Waals surface area contributed by atoms with Crippen LogP contribution in [0.3, 0.4) is 0 Å². The first-order chi connectivity index (χ1) is 13.7. The second-order valence-electron chi connectivity index (χ2n) is 7.15. The smallest absolute Gasteiger partial charge is 0.242 e. The average Bonchev–Trinajstić information content (AvgIpc) is 3.25. The minimum absolute atomic E-state index is 0. The number of rotatable bonds is 7. The van der Waals surface area contributed by atoms with Gasteiger partial charge in [0.15, 0.2) is 5.96 Å². The largest absolute Gasteiger partial charge is 0.467 e. The van der Waals surface area contributed by atoms with Gasteiger partial charge in [-0.2, -0.15) is 0 Å². The summed E-state index contributed by atoms with van der Waals surface area (Å²) in [6.45, 7) is 5.29. The highest BCUT2D eigenvalue weighted by Gasteiger charge is 2.21. The summed E-state index contributed by atoms with van der Waals surface area (Å²) in [4.78, 5) is 18.9. The van der Waals surface area contributed by atoms with Crippen LogP contribution in [0, 0.1) is 5.92 Å². The SMILES string of the molecule is CCNC(=NCC(=O)NCc1ccco1)N1CCC(Cc2ccccc2)CC1.I. The number of hydrogen-bond acceptors (Lipinski definition) is 3. The Bertz CT molecular complexity index is 741. The molecule has 3 rings (SSSR count). The van der Waals surface area contributed by atoms with Crippen LogP contribution in [0.1, 0.15) is 31.1 Å². The molecule has 1 amide bonds. The van der Waals surface area contributed by atoms with Crippen molar-refractivity contribution in [3.05, 3.63) is 60.1 Å². The molecule has 2 N–H and O–H groups in total. The Kier molecular flexibility index (Phi) is 10.0. The van der Waals surface area contributed by atoms with E-state index in [-0.39, 0.29) is 36.4 Å². The number of aliphatic imine (C=N–C) groups is 1. The van der Waals surface area contributed by atoms with Gasteiger partial charge in [0.2, 0.25) is 5.91 Å². The first-order valence-corrected chi connectivity index (χ1v) is 10.1. The van der Waals surface area contributed by atoms with E-state index in [1.165, 1.54) is 5.56 Å². The highest BCUT2D eigenvalue weighted by atomic mass is 127. The number of halogens is 1. The molecule has 0 unspecified atom stereocenters. The fraction of sp³-hybridized carbons (Fsp3) is 0.455. The number of nitrogens with zero attached hydrogens (tertiary/aromatic N) is 2. The Balaban J connectivity index is 0.00000300. The number of nitrogens with one attached hydrogen (secondary N) is 2. The number of carbonyl (C=O) groups excluding carboxylic acids is 1. The van der Waals surface area contributed by atoms with E-state index in [1.807, 2.05) is 12.1 Å². The predicted octanol–water partition coefficient (Wildman–Crippen LogP) is 3.43. The number of amides is 1. The number of furan rings is 1. The summed E-state index contributed by atoms with van der Waals surface area (Å²) >= 11 is 0. The van der Waals surface area contributed by atoms with E-state index < -0.39 is 0 Å². The van der Waals surface area contributed by atoms with Crippen LogP contribution in [-0.2, 0) is 17.8 Å². The fourth-order valence-corrected chi connectivity index (χ4v) is 3.52. The maximum absolute atomic E-state index is 12.1. The van der Waals surface area contributed by atoms with Crippen molar-refractivity contribution in [2.75, 3.05) is 26.2 Å². The Hall–Kier alpha value is -2.03. The molecule has 1 aliphatic heterocycles. The molecule has 1 saturated heterocycles. The van der Waals surface area contributed by atoms with Crippen LogP contribution >= 0.6 is 24.0 Å². The van der Waals surface area contributed by atoms with Crippen LogP contribution in [0.5, 0.6) is 0 Å². The molecule has 2 aromatic rings. The quantitative estimate of drug-likeness (QED) is 0.340. The van der Waals surface area contributed by atoms with E-state index in [4.69, 9.17) is 4.42 Å². The van der Waals surface area contributed by atoms with Gasteiger partial charge in [0.25, 0.3) is 0 Å². The summed E-state index contributed by atoms with van der Waals surface area (Å²) in [5.74, 6) is 2.17. The molecule has 2 heterocycles. The van der Waals surface area contributed by atoms with Gasteiger partial charge in [0, 0.05) is 19.6 Å². The minimum Gasteiger partial charge on any atom is -0.467 e. The van der Waals surface area contributed by atoms with Crippen LogP contribution in [0.2, 0.25) is 0 Å². The fourth-order valence-electron chi connectivity index (χ4n) is 3.52. The minimum atomic E-state index is -0.106. The van der Waals surface area contributed by atoms with Gasteiger partial charge < -0.3 is 20.0 Å². The molecule has 0 atom stereocenters. The van der Waals surface area contributed by atoms with E-state index >= 15 is 0 Å². The third kappa shape index (κ3) is 7.72. The molecule has 1 aromatic carbocycles.